The Hall–Kier alpha value is -2.21. The summed E-state index contributed by atoms with van der Waals surface area (Å²) in [6.07, 6.45) is 1.65. The van der Waals surface area contributed by atoms with Crippen LogP contribution in [0.25, 0.3) is 0 Å². The lowest BCUT2D eigenvalue weighted by Crippen LogP contribution is -2.31. The van der Waals surface area contributed by atoms with E-state index in [4.69, 9.17) is 0 Å². The zero-order valence-corrected chi connectivity index (χ0v) is 11.7. The van der Waals surface area contributed by atoms with Gasteiger partial charge in [0.05, 0.1) is 6.04 Å². The fourth-order valence-electron chi connectivity index (χ4n) is 2.56. The molecule has 0 radical (unpaired) electrons. The smallest absolute Gasteiger partial charge is 0.246 e. The van der Waals surface area contributed by atoms with Crippen molar-refractivity contribution < 1.29 is 4.79 Å². The molecule has 104 valence electrons. The first-order chi connectivity index (χ1) is 9.56. The van der Waals surface area contributed by atoms with Crippen molar-refractivity contribution >= 4 is 11.6 Å². The lowest BCUT2D eigenvalue weighted by atomic mass is 10.0. The number of carbonyl (C=O) groups excluding carboxylic acids is 1. The minimum absolute atomic E-state index is 0.0281. The van der Waals surface area contributed by atoms with Crippen LogP contribution in [0.1, 0.15) is 36.0 Å². The SMILES string of the molecule is Cc1ccc2c(c1)C(NC(C)c1nncn1C)C(=O)N2. The first kappa shape index (κ1) is 12.8. The maximum absolute atomic E-state index is 12.1. The normalized spacial score (nSPS) is 18.8. The number of hydrogen-bond donors (Lipinski definition) is 2. The lowest BCUT2D eigenvalue weighted by molar-refractivity contribution is -0.117. The van der Waals surface area contributed by atoms with Gasteiger partial charge in [0.2, 0.25) is 5.91 Å². The molecule has 2 unspecified atom stereocenters. The average Bonchev–Trinajstić information content (AvgIpc) is 2.95. The second kappa shape index (κ2) is 4.72. The van der Waals surface area contributed by atoms with Crippen LogP contribution in [0.2, 0.25) is 0 Å². The Balaban J connectivity index is 1.87. The number of nitrogens with zero attached hydrogens (tertiary/aromatic N) is 3. The number of rotatable bonds is 3. The number of nitrogens with one attached hydrogen (secondary N) is 2. The third kappa shape index (κ3) is 2.08. The molecular weight excluding hydrogens is 254 g/mol. The number of aryl methyl sites for hydroxylation is 2. The summed E-state index contributed by atoms with van der Waals surface area (Å²) in [7, 11) is 1.89. The topological polar surface area (TPSA) is 71.8 Å². The largest absolute Gasteiger partial charge is 0.324 e. The van der Waals surface area contributed by atoms with Crippen molar-refractivity contribution in [2.24, 2.45) is 7.05 Å². The lowest BCUT2D eigenvalue weighted by Gasteiger charge is -2.17. The van der Waals surface area contributed by atoms with Crippen LogP contribution in [0.3, 0.4) is 0 Å². The predicted molar refractivity (Wildman–Crippen MR) is 75.1 cm³/mol. The van der Waals surface area contributed by atoms with Crippen LogP contribution in [-0.2, 0) is 11.8 Å². The van der Waals surface area contributed by atoms with Crippen molar-refractivity contribution in [1.29, 1.82) is 0 Å². The highest BCUT2D eigenvalue weighted by molar-refractivity contribution is 6.02. The van der Waals surface area contributed by atoms with Gasteiger partial charge in [0.15, 0.2) is 0 Å². The van der Waals surface area contributed by atoms with Crippen molar-refractivity contribution in [2.75, 3.05) is 5.32 Å². The Morgan fingerprint density at radius 3 is 2.95 bits per heavy atom. The van der Waals surface area contributed by atoms with E-state index in [9.17, 15) is 4.79 Å². The molecule has 1 aliphatic rings. The third-order valence-corrected chi connectivity index (χ3v) is 3.59. The molecule has 0 fully saturated rings. The van der Waals surface area contributed by atoms with Crippen molar-refractivity contribution in [3.8, 4) is 0 Å². The first-order valence-electron chi connectivity index (χ1n) is 6.57. The van der Waals surface area contributed by atoms with Crippen molar-refractivity contribution in [3.63, 3.8) is 0 Å². The fraction of sp³-hybridized carbons (Fsp3) is 0.357. The van der Waals surface area contributed by atoms with E-state index in [0.29, 0.717) is 0 Å². The monoisotopic (exact) mass is 271 g/mol. The standard InChI is InChI=1S/C14H17N5O/c1-8-4-5-11-10(6-8)12(14(20)17-11)16-9(2)13-18-15-7-19(13)3/h4-7,9,12,16H,1-3H3,(H,17,20). The minimum Gasteiger partial charge on any atom is -0.324 e. The molecule has 1 aromatic heterocycles. The summed E-state index contributed by atoms with van der Waals surface area (Å²) in [6, 6.07) is 5.56. The zero-order valence-electron chi connectivity index (χ0n) is 11.7. The van der Waals surface area contributed by atoms with Gasteiger partial charge >= 0.3 is 0 Å². The first-order valence-corrected chi connectivity index (χ1v) is 6.57. The molecule has 3 rings (SSSR count). The molecule has 0 aliphatic carbocycles. The second-order valence-electron chi connectivity index (χ2n) is 5.20. The molecule has 2 atom stereocenters. The fourth-order valence-corrected chi connectivity index (χ4v) is 2.56. The third-order valence-electron chi connectivity index (χ3n) is 3.59. The molecule has 6 nitrogen and oxygen atoms in total. The Morgan fingerprint density at radius 2 is 2.25 bits per heavy atom. The quantitative estimate of drug-likeness (QED) is 0.886. The van der Waals surface area contributed by atoms with E-state index >= 15 is 0 Å². The molecule has 1 amide bonds. The molecule has 20 heavy (non-hydrogen) atoms. The maximum Gasteiger partial charge on any atom is 0.246 e. The van der Waals surface area contributed by atoms with Crippen LogP contribution < -0.4 is 10.6 Å². The summed E-state index contributed by atoms with van der Waals surface area (Å²) in [5.74, 6) is 0.776. The van der Waals surface area contributed by atoms with Crippen LogP contribution in [0, 0.1) is 6.92 Å². The molecular formula is C14H17N5O. The number of benzene rings is 1. The Bertz CT molecular complexity index is 663. The summed E-state index contributed by atoms with van der Waals surface area (Å²) in [6.45, 7) is 4.00. The van der Waals surface area contributed by atoms with E-state index in [1.807, 2.05) is 43.7 Å². The van der Waals surface area contributed by atoms with Crippen molar-refractivity contribution in [1.82, 2.24) is 20.1 Å². The van der Waals surface area contributed by atoms with E-state index in [1.165, 1.54) is 0 Å². The van der Waals surface area contributed by atoms with Crippen LogP contribution in [-0.4, -0.2) is 20.7 Å². The van der Waals surface area contributed by atoms with Gasteiger partial charge in [-0.25, -0.2) is 0 Å². The van der Waals surface area contributed by atoms with E-state index in [0.717, 1.165) is 22.6 Å². The van der Waals surface area contributed by atoms with E-state index in [-0.39, 0.29) is 18.0 Å². The van der Waals surface area contributed by atoms with Gasteiger partial charge in [0, 0.05) is 18.3 Å². The Kier molecular flexibility index (Phi) is 3.02. The number of hydrogen-bond acceptors (Lipinski definition) is 4. The molecule has 0 saturated heterocycles. The highest BCUT2D eigenvalue weighted by Crippen LogP contribution is 2.32. The predicted octanol–water partition coefficient (Wildman–Crippen LogP) is 1.47. The van der Waals surface area contributed by atoms with Crippen molar-refractivity contribution in [3.05, 3.63) is 41.5 Å². The van der Waals surface area contributed by atoms with Gasteiger partial charge in [0.1, 0.15) is 18.2 Å². The zero-order chi connectivity index (χ0) is 14.3. The van der Waals surface area contributed by atoms with Crippen LogP contribution in [0.5, 0.6) is 0 Å². The Morgan fingerprint density at radius 1 is 1.45 bits per heavy atom. The summed E-state index contributed by atoms with van der Waals surface area (Å²) < 4.78 is 1.85. The van der Waals surface area contributed by atoms with Gasteiger partial charge in [-0.3, -0.25) is 10.1 Å². The van der Waals surface area contributed by atoms with E-state index < -0.39 is 0 Å². The highest BCUT2D eigenvalue weighted by atomic mass is 16.2. The van der Waals surface area contributed by atoms with Crippen LogP contribution in [0.4, 0.5) is 5.69 Å². The van der Waals surface area contributed by atoms with Gasteiger partial charge in [0.25, 0.3) is 0 Å². The molecule has 2 N–H and O–H groups in total. The van der Waals surface area contributed by atoms with Gasteiger partial charge in [-0.05, 0) is 19.9 Å². The molecule has 0 bridgehead atoms. The molecule has 6 heteroatoms. The summed E-state index contributed by atoms with van der Waals surface area (Å²) >= 11 is 0. The number of aromatic nitrogens is 3. The molecule has 2 heterocycles. The molecule has 0 saturated carbocycles. The number of fused-ring (bicyclic) bond motifs is 1. The van der Waals surface area contributed by atoms with Gasteiger partial charge in [-0.1, -0.05) is 17.7 Å². The summed E-state index contributed by atoms with van der Waals surface area (Å²) in [4.78, 5) is 12.1. The van der Waals surface area contributed by atoms with Gasteiger partial charge < -0.3 is 9.88 Å². The van der Waals surface area contributed by atoms with Crippen molar-refractivity contribution in [2.45, 2.75) is 25.9 Å². The maximum atomic E-state index is 12.1. The number of amides is 1. The highest BCUT2D eigenvalue weighted by Gasteiger charge is 2.32. The summed E-state index contributed by atoms with van der Waals surface area (Å²) in [5.41, 5.74) is 3.01. The summed E-state index contributed by atoms with van der Waals surface area (Å²) in [5, 5.41) is 14.2. The molecule has 1 aromatic carbocycles. The van der Waals surface area contributed by atoms with Gasteiger partial charge in [-0.15, -0.1) is 10.2 Å². The molecule has 2 aromatic rings. The van der Waals surface area contributed by atoms with E-state index in [2.05, 4.69) is 20.8 Å². The number of carbonyl (C=O) groups is 1. The van der Waals surface area contributed by atoms with E-state index in [1.54, 1.807) is 6.33 Å². The van der Waals surface area contributed by atoms with Gasteiger partial charge in [-0.2, -0.15) is 0 Å². The Labute approximate surface area is 117 Å². The average molecular weight is 271 g/mol. The molecule has 0 spiro atoms. The minimum atomic E-state index is -0.350. The molecule has 1 aliphatic heterocycles. The second-order valence-corrected chi connectivity index (χ2v) is 5.20. The van der Waals surface area contributed by atoms with Crippen LogP contribution in [0.15, 0.2) is 24.5 Å². The van der Waals surface area contributed by atoms with Crippen LogP contribution >= 0.6 is 0 Å². The number of anilines is 1.